The van der Waals surface area contributed by atoms with Crippen molar-refractivity contribution in [1.82, 2.24) is 9.55 Å². The lowest BCUT2D eigenvalue weighted by Crippen LogP contribution is -2.18. The molecule has 0 bridgehead atoms. The van der Waals surface area contributed by atoms with Crippen LogP contribution >= 0.6 is 0 Å². The van der Waals surface area contributed by atoms with Crippen molar-refractivity contribution < 1.29 is 4.21 Å². The third-order valence-electron chi connectivity index (χ3n) is 2.91. The summed E-state index contributed by atoms with van der Waals surface area (Å²) in [6.45, 7) is 2.43. The minimum atomic E-state index is -0.922. The Morgan fingerprint density at radius 1 is 1.61 bits per heavy atom. The van der Waals surface area contributed by atoms with Crippen LogP contribution in [-0.4, -0.2) is 25.3 Å². The van der Waals surface area contributed by atoms with Gasteiger partial charge in [-0.05, 0) is 25.1 Å². The molecule has 0 aliphatic heterocycles. The Labute approximate surface area is 108 Å². The first-order valence-electron chi connectivity index (χ1n) is 5.51. The second-order valence-electron chi connectivity index (χ2n) is 4.21. The zero-order valence-corrected chi connectivity index (χ0v) is 11.1. The lowest BCUT2D eigenvalue weighted by Gasteiger charge is -2.11. The van der Waals surface area contributed by atoms with Gasteiger partial charge in [0.05, 0.1) is 22.7 Å². The van der Waals surface area contributed by atoms with E-state index in [0.717, 1.165) is 11.0 Å². The maximum absolute atomic E-state index is 11.4. The fourth-order valence-electron chi connectivity index (χ4n) is 1.76. The lowest BCUT2D eigenvalue weighted by molar-refractivity contribution is 0.653. The molecule has 0 saturated heterocycles. The van der Waals surface area contributed by atoms with E-state index in [4.69, 9.17) is 11.0 Å². The van der Waals surface area contributed by atoms with Crippen LogP contribution in [0.2, 0.25) is 0 Å². The van der Waals surface area contributed by atoms with Crippen molar-refractivity contribution in [2.45, 2.75) is 18.7 Å². The number of hydrogen-bond acceptors (Lipinski definition) is 4. The summed E-state index contributed by atoms with van der Waals surface area (Å²) in [5.41, 5.74) is 7.99. The highest BCUT2D eigenvalue weighted by atomic mass is 32.2. The van der Waals surface area contributed by atoms with E-state index < -0.39 is 10.8 Å². The van der Waals surface area contributed by atoms with E-state index in [2.05, 4.69) is 11.1 Å². The Balaban J connectivity index is 2.52. The van der Waals surface area contributed by atoms with E-state index in [0.29, 0.717) is 18.1 Å². The molecule has 2 rings (SSSR count). The summed E-state index contributed by atoms with van der Waals surface area (Å²) < 4.78 is 13.2. The quantitative estimate of drug-likeness (QED) is 0.902. The van der Waals surface area contributed by atoms with Crippen molar-refractivity contribution in [2.75, 3.05) is 12.0 Å². The van der Waals surface area contributed by atoms with Crippen molar-refractivity contribution >= 4 is 27.8 Å². The summed E-state index contributed by atoms with van der Waals surface area (Å²) in [6, 6.07) is 7.32. The zero-order valence-electron chi connectivity index (χ0n) is 10.3. The summed E-state index contributed by atoms with van der Waals surface area (Å²) in [7, 11) is -0.922. The standard InChI is InChI=1S/C12H14N4OS/c1-8(18(2)17)7-16-11-5-9(6-13)3-4-10(11)15-12(16)14/h3-5,8H,7H2,1-2H3,(H2,14,15). The molecule has 18 heavy (non-hydrogen) atoms. The van der Waals surface area contributed by atoms with Crippen LogP contribution in [0.5, 0.6) is 0 Å². The molecule has 0 amide bonds. The number of nitrogens with zero attached hydrogens (tertiary/aromatic N) is 3. The normalized spacial score (nSPS) is 14.3. The summed E-state index contributed by atoms with van der Waals surface area (Å²) in [4.78, 5) is 4.23. The van der Waals surface area contributed by atoms with Gasteiger partial charge in [0, 0.05) is 28.9 Å². The van der Waals surface area contributed by atoms with Gasteiger partial charge in [0.15, 0.2) is 0 Å². The molecule has 0 aliphatic carbocycles. The molecule has 0 spiro atoms. The van der Waals surface area contributed by atoms with Crippen LogP contribution in [0.25, 0.3) is 11.0 Å². The molecule has 0 saturated carbocycles. The number of nitriles is 1. The summed E-state index contributed by atoms with van der Waals surface area (Å²) in [5, 5.41) is 8.89. The largest absolute Gasteiger partial charge is 0.369 e. The molecule has 1 heterocycles. The fraction of sp³-hybridized carbons (Fsp3) is 0.333. The zero-order chi connectivity index (χ0) is 13.3. The number of anilines is 1. The second-order valence-corrected chi connectivity index (χ2v) is 6.01. The first-order valence-corrected chi connectivity index (χ1v) is 7.13. The van der Waals surface area contributed by atoms with Crippen LogP contribution in [-0.2, 0) is 17.3 Å². The molecule has 94 valence electrons. The van der Waals surface area contributed by atoms with Crippen molar-refractivity contribution in [3.63, 3.8) is 0 Å². The van der Waals surface area contributed by atoms with Crippen LogP contribution in [0.1, 0.15) is 12.5 Å². The molecular formula is C12H14N4OS. The molecule has 0 fully saturated rings. The molecule has 2 atom stereocenters. The molecule has 2 N–H and O–H groups in total. The first kappa shape index (κ1) is 12.6. The average molecular weight is 262 g/mol. The van der Waals surface area contributed by atoms with Crippen molar-refractivity contribution in [3.8, 4) is 6.07 Å². The van der Waals surface area contributed by atoms with Gasteiger partial charge in [0.2, 0.25) is 5.95 Å². The highest BCUT2D eigenvalue weighted by Crippen LogP contribution is 2.20. The monoisotopic (exact) mass is 262 g/mol. The van der Waals surface area contributed by atoms with E-state index in [1.54, 1.807) is 24.5 Å². The smallest absolute Gasteiger partial charge is 0.201 e. The minimum Gasteiger partial charge on any atom is -0.369 e. The number of imidazole rings is 1. The maximum atomic E-state index is 11.4. The minimum absolute atomic E-state index is 0.0181. The Hall–Kier alpha value is -1.87. The molecule has 5 nitrogen and oxygen atoms in total. The fourth-order valence-corrected chi connectivity index (χ4v) is 2.12. The third kappa shape index (κ3) is 2.22. The average Bonchev–Trinajstić information content (AvgIpc) is 2.65. The van der Waals surface area contributed by atoms with E-state index in [-0.39, 0.29) is 5.25 Å². The number of aromatic nitrogens is 2. The molecule has 0 radical (unpaired) electrons. The number of nitrogens with two attached hydrogens (primary N) is 1. The van der Waals surface area contributed by atoms with Gasteiger partial charge in [0.25, 0.3) is 0 Å². The Bertz CT molecular complexity index is 656. The lowest BCUT2D eigenvalue weighted by atomic mass is 10.2. The molecule has 1 aromatic heterocycles. The molecule has 1 aromatic carbocycles. The molecule has 2 aromatic rings. The van der Waals surface area contributed by atoms with E-state index in [9.17, 15) is 4.21 Å². The molecule has 6 heteroatoms. The maximum Gasteiger partial charge on any atom is 0.201 e. The van der Waals surface area contributed by atoms with Gasteiger partial charge in [-0.3, -0.25) is 4.21 Å². The number of rotatable bonds is 3. The van der Waals surface area contributed by atoms with Gasteiger partial charge >= 0.3 is 0 Å². The summed E-state index contributed by atoms with van der Waals surface area (Å²) >= 11 is 0. The van der Waals surface area contributed by atoms with Crippen LogP contribution in [0.3, 0.4) is 0 Å². The number of hydrogen-bond donors (Lipinski definition) is 1. The van der Waals surface area contributed by atoms with Crippen LogP contribution in [0.15, 0.2) is 18.2 Å². The Morgan fingerprint density at radius 2 is 2.33 bits per heavy atom. The Morgan fingerprint density at radius 3 is 2.94 bits per heavy atom. The third-order valence-corrected chi connectivity index (χ3v) is 4.20. The van der Waals surface area contributed by atoms with Crippen LogP contribution in [0, 0.1) is 11.3 Å². The second kappa shape index (κ2) is 4.78. The van der Waals surface area contributed by atoms with E-state index in [1.165, 1.54) is 0 Å². The highest BCUT2D eigenvalue weighted by Gasteiger charge is 2.13. The number of fused-ring (bicyclic) bond motifs is 1. The van der Waals surface area contributed by atoms with Gasteiger partial charge in [-0.25, -0.2) is 4.98 Å². The predicted octanol–water partition coefficient (Wildman–Crippen LogP) is 1.26. The van der Waals surface area contributed by atoms with Crippen molar-refractivity contribution in [2.24, 2.45) is 0 Å². The summed E-state index contributed by atoms with van der Waals surface area (Å²) in [6.07, 6.45) is 1.67. The molecule has 0 aliphatic rings. The van der Waals surface area contributed by atoms with Crippen LogP contribution < -0.4 is 5.73 Å². The topological polar surface area (TPSA) is 84.7 Å². The Kier molecular flexibility index (Phi) is 3.34. The van der Waals surface area contributed by atoms with Gasteiger partial charge < -0.3 is 10.3 Å². The summed E-state index contributed by atoms with van der Waals surface area (Å²) in [5.74, 6) is 0.386. The molecular weight excluding hydrogens is 248 g/mol. The van der Waals surface area contributed by atoms with Gasteiger partial charge in [-0.2, -0.15) is 5.26 Å². The predicted molar refractivity (Wildman–Crippen MR) is 72.4 cm³/mol. The van der Waals surface area contributed by atoms with Gasteiger partial charge in [0.1, 0.15) is 0 Å². The number of benzene rings is 1. The van der Waals surface area contributed by atoms with E-state index >= 15 is 0 Å². The molecule has 2 unspecified atom stereocenters. The van der Waals surface area contributed by atoms with E-state index in [1.807, 2.05) is 11.5 Å². The highest BCUT2D eigenvalue weighted by molar-refractivity contribution is 7.84. The van der Waals surface area contributed by atoms with Crippen LogP contribution in [0.4, 0.5) is 5.95 Å². The first-order chi connectivity index (χ1) is 8.52. The number of nitrogen functional groups attached to an aromatic ring is 1. The SMILES string of the molecule is CC(Cn1c(N)nc2ccc(C#N)cc21)S(C)=O. The van der Waals surface area contributed by atoms with Crippen molar-refractivity contribution in [3.05, 3.63) is 23.8 Å². The van der Waals surface area contributed by atoms with Crippen molar-refractivity contribution in [1.29, 1.82) is 5.26 Å². The van der Waals surface area contributed by atoms with Gasteiger partial charge in [-0.1, -0.05) is 0 Å². The van der Waals surface area contributed by atoms with Gasteiger partial charge in [-0.15, -0.1) is 0 Å².